The predicted octanol–water partition coefficient (Wildman–Crippen LogP) is 1.24. The Morgan fingerprint density at radius 2 is 1.83 bits per heavy atom. The van der Waals surface area contributed by atoms with Gasteiger partial charge in [0.2, 0.25) is 0 Å². The summed E-state index contributed by atoms with van der Waals surface area (Å²) in [6.07, 6.45) is 1.64. The molecule has 0 saturated heterocycles. The van der Waals surface area contributed by atoms with Crippen molar-refractivity contribution in [3.63, 3.8) is 0 Å². The Labute approximate surface area is 167 Å². The van der Waals surface area contributed by atoms with E-state index in [-0.39, 0.29) is 31.3 Å². The summed E-state index contributed by atoms with van der Waals surface area (Å²) in [5.74, 6) is 1.51. The van der Waals surface area contributed by atoms with Crippen LogP contribution in [0.2, 0.25) is 0 Å². The minimum atomic E-state index is -0.284. The van der Waals surface area contributed by atoms with E-state index >= 15 is 0 Å². The van der Waals surface area contributed by atoms with Gasteiger partial charge in [0.05, 0.1) is 13.2 Å². The van der Waals surface area contributed by atoms with E-state index in [0.717, 1.165) is 5.75 Å². The predicted molar refractivity (Wildman–Crippen MR) is 107 cm³/mol. The van der Waals surface area contributed by atoms with Crippen LogP contribution < -0.4 is 20.5 Å². The first kappa shape index (κ1) is 20.1. The number of carbonyl (C=O) groups excluding carboxylic acids is 1. The maximum atomic E-state index is 12.3. The molecule has 2 aromatic heterocycles. The van der Waals surface area contributed by atoms with Crippen LogP contribution in [0.5, 0.6) is 11.5 Å². The van der Waals surface area contributed by atoms with Crippen LogP contribution in [0.3, 0.4) is 0 Å². The largest absolute Gasteiger partial charge is 0.494 e. The zero-order chi connectivity index (χ0) is 20.6. The first-order chi connectivity index (χ1) is 14.1. The molecule has 0 aliphatic carbocycles. The standard InChI is InChI=1S/C20H23N5O4/c1-3-28-15-7-9-16(10-8-15)29-14-18(26)22-12-13-25-20(27)24(2)19(23-25)17-6-4-5-11-21-17/h4-11H,3,12-14H2,1-2H3,(H,22,26). The van der Waals surface area contributed by atoms with Crippen molar-refractivity contribution in [1.29, 1.82) is 0 Å². The molecule has 29 heavy (non-hydrogen) atoms. The minimum Gasteiger partial charge on any atom is -0.494 e. The highest BCUT2D eigenvalue weighted by molar-refractivity contribution is 5.77. The number of aromatic nitrogens is 4. The molecule has 1 amide bonds. The number of amides is 1. The average Bonchev–Trinajstić information content (AvgIpc) is 3.03. The van der Waals surface area contributed by atoms with Crippen LogP contribution in [0.15, 0.2) is 53.5 Å². The Morgan fingerprint density at radius 3 is 2.48 bits per heavy atom. The van der Waals surface area contributed by atoms with E-state index in [9.17, 15) is 9.59 Å². The van der Waals surface area contributed by atoms with Crippen LogP contribution in [-0.2, 0) is 18.4 Å². The minimum absolute atomic E-state index is 0.121. The molecule has 3 rings (SSSR count). The van der Waals surface area contributed by atoms with Gasteiger partial charge in [-0.15, -0.1) is 5.10 Å². The van der Waals surface area contributed by atoms with Gasteiger partial charge in [-0.1, -0.05) is 6.07 Å². The Bertz CT molecular complexity index is 996. The molecule has 0 aliphatic heterocycles. The zero-order valence-electron chi connectivity index (χ0n) is 16.4. The third-order valence-electron chi connectivity index (χ3n) is 4.09. The van der Waals surface area contributed by atoms with Gasteiger partial charge >= 0.3 is 5.69 Å². The van der Waals surface area contributed by atoms with E-state index in [4.69, 9.17) is 9.47 Å². The Kier molecular flexibility index (Phi) is 6.62. The number of carbonyl (C=O) groups is 1. The lowest BCUT2D eigenvalue weighted by Crippen LogP contribution is -2.34. The normalized spacial score (nSPS) is 10.6. The van der Waals surface area contributed by atoms with Crippen LogP contribution in [0.4, 0.5) is 0 Å². The smallest absolute Gasteiger partial charge is 0.346 e. The number of benzene rings is 1. The Morgan fingerprint density at radius 1 is 1.10 bits per heavy atom. The molecule has 9 heteroatoms. The molecule has 1 aromatic carbocycles. The number of hydrogen-bond acceptors (Lipinski definition) is 6. The van der Waals surface area contributed by atoms with Gasteiger partial charge in [-0.2, -0.15) is 0 Å². The summed E-state index contributed by atoms with van der Waals surface area (Å²) in [6, 6.07) is 12.5. The molecular formula is C20H23N5O4. The average molecular weight is 397 g/mol. The van der Waals surface area contributed by atoms with Crippen LogP contribution in [-0.4, -0.2) is 45.0 Å². The van der Waals surface area contributed by atoms with Crippen molar-refractivity contribution < 1.29 is 14.3 Å². The highest BCUT2D eigenvalue weighted by Gasteiger charge is 2.13. The Hall–Kier alpha value is -3.62. The third kappa shape index (κ3) is 5.22. The summed E-state index contributed by atoms with van der Waals surface area (Å²) >= 11 is 0. The molecule has 0 bridgehead atoms. The van der Waals surface area contributed by atoms with Gasteiger partial charge < -0.3 is 14.8 Å². The molecular weight excluding hydrogens is 374 g/mol. The van der Waals surface area contributed by atoms with Crippen molar-refractivity contribution in [2.75, 3.05) is 19.8 Å². The molecule has 1 N–H and O–H groups in total. The number of ether oxygens (including phenoxy) is 2. The molecule has 0 spiro atoms. The number of rotatable bonds is 9. The zero-order valence-corrected chi connectivity index (χ0v) is 16.4. The van der Waals surface area contributed by atoms with E-state index in [1.165, 1.54) is 9.25 Å². The highest BCUT2D eigenvalue weighted by atomic mass is 16.5. The second kappa shape index (κ2) is 9.54. The Balaban J connectivity index is 1.48. The molecule has 0 fully saturated rings. The molecule has 0 aliphatic rings. The molecule has 3 aromatic rings. The lowest BCUT2D eigenvalue weighted by molar-refractivity contribution is -0.123. The number of pyridine rings is 1. The van der Waals surface area contributed by atoms with Crippen molar-refractivity contribution in [2.24, 2.45) is 7.05 Å². The molecule has 152 valence electrons. The van der Waals surface area contributed by atoms with Crippen LogP contribution in [0.25, 0.3) is 11.5 Å². The van der Waals surface area contributed by atoms with Crippen molar-refractivity contribution in [2.45, 2.75) is 13.5 Å². The summed E-state index contributed by atoms with van der Waals surface area (Å²) in [6.45, 7) is 2.88. The molecule has 0 saturated carbocycles. The molecule has 0 radical (unpaired) electrons. The van der Waals surface area contributed by atoms with Gasteiger partial charge in [-0.05, 0) is 43.3 Å². The first-order valence-corrected chi connectivity index (χ1v) is 9.26. The van der Waals surface area contributed by atoms with Crippen LogP contribution >= 0.6 is 0 Å². The van der Waals surface area contributed by atoms with Crippen molar-refractivity contribution >= 4 is 5.91 Å². The van der Waals surface area contributed by atoms with Gasteiger partial charge in [-0.25, -0.2) is 9.48 Å². The summed E-state index contributed by atoms with van der Waals surface area (Å²) in [5.41, 5.74) is 0.337. The van der Waals surface area contributed by atoms with Gasteiger partial charge in [0.15, 0.2) is 12.4 Å². The second-order valence-corrected chi connectivity index (χ2v) is 6.15. The van der Waals surface area contributed by atoms with Crippen molar-refractivity contribution in [3.05, 3.63) is 59.1 Å². The fourth-order valence-corrected chi connectivity index (χ4v) is 2.65. The summed E-state index contributed by atoms with van der Waals surface area (Å²) < 4.78 is 13.5. The number of nitrogens with zero attached hydrogens (tertiary/aromatic N) is 4. The van der Waals surface area contributed by atoms with Crippen molar-refractivity contribution in [1.82, 2.24) is 24.6 Å². The summed E-state index contributed by atoms with van der Waals surface area (Å²) in [7, 11) is 1.64. The lowest BCUT2D eigenvalue weighted by Gasteiger charge is -2.08. The molecule has 0 atom stereocenters. The SMILES string of the molecule is CCOc1ccc(OCC(=O)NCCn2nc(-c3ccccn3)n(C)c2=O)cc1. The van der Waals surface area contributed by atoms with Crippen molar-refractivity contribution in [3.8, 4) is 23.0 Å². The number of hydrogen-bond donors (Lipinski definition) is 1. The van der Waals surface area contributed by atoms with E-state index in [1.54, 1.807) is 49.6 Å². The first-order valence-electron chi connectivity index (χ1n) is 9.26. The van der Waals surface area contributed by atoms with Crippen LogP contribution in [0, 0.1) is 0 Å². The maximum Gasteiger partial charge on any atom is 0.346 e. The van der Waals surface area contributed by atoms with Crippen LogP contribution in [0.1, 0.15) is 6.92 Å². The summed E-state index contributed by atoms with van der Waals surface area (Å²) in [5, 5.41) is 7.02. The fraction of sp³-hybridized carbons (Fsp3) is 0.300. The van der Waals surface area contributed by atoms with Gasteiger partial charge in [-0.3, -0.25) is 14.3 Å². The molecule has 2 heterocycles. The van der Waals surface area contributed by atoms with E-state index < -0.39 is 0 Å². The topological polar surface area (TPSA) is 100 Å². The second-order valence-electron chi connectivity index (χ2n) is 6.15. The maximum absolute atomic E-state index is 12.3. The highest BCUT2D eigenvalue weighted by Crippen LogP contribution is 2.17. The third-order valence-corrected chi connectivity index (χ3v) is 4.09. The number of nitrogens with one attached hydrogen (secondary N) is 1. The quantitative estimate of drug-likeness (QED) is 0.583. The monoisotopic (exact) mass is 397 g/mol. The van der Waals surface area contributed by atoms with E-state index in [1.807, 2.05) is 13.0 Å². The van der Waals surface area contributed by atoms with Gasteiger partial charge in [0, 0.05) is 19.8 Å². The molecule has 0 unspecified atom stereocenters. The lowest BCUT2D eigenvalue weighted by atomic mass is 10.3. The summed E-state index contributed by atoms with van der Waals surface area (Å²) in [4.78, 5) is 28.5. The van der Waals surface area contributed by atoms with Gasteiger partial charge in [0.1, 0.15) is 17.2 Å². The van der Waals surface area contributed by atoms with E-state index in [0.29, 0.717) is 23.9 Å². The van der Waals surface area contributed by atoms with E-state index in [2.05, 4.69) is 15.4 Å². The fourth-order valence-electron chi connectivity index (χ4n) is 2.65. The molecule has 9 nitrogen and oxygen atoms in total. The van der Waals surface area contributed by atoms with Gasteiger partial charge in [0.25, 0.3) is 5.91 Å².